The highest BCUT2D eigenvalue weighted by Crippen LogP contribution is 2.17. The minimum absolute atomic E-state index is 0.0683. The second-order valence-electron chi connectivity index (χ2n) is 7.61. The fourth-order valence-electron chi connectivity index (χ4n) is 3.45. The summed E-state index contributed by atoms with van der Waals surface area (Å²) in [5.41, 5.74) is 7.70. The summed E-state index contributed by atoms with van der Waals surface area (Å²) in [5, 5.41) is 3.52. The molecule has 1 saturated heterocycles. The summed E-state index contributed by atoms with van der Waals surface area (Å²) in [7, 11) is 1.72. The van der Waals surface area contributed by atoms with Gasteiger partial charge in [0.25, 0.3) is 11.5 Å². The van der Waals surface area contributed by atoms with Gasteiger partial charge in [-0.15, -0.1) is 0 Å². The molecule has 4 N–H and O–H groups in total. The Bertz CT molecular complexity index is 1280. The monoisotopic (exact) mass is 435 g/mol. The zero-order valence-electron chi connectivity index (χ0n) is 17.4. The molecule has 4 rings (SSSR count). The van der Waals surface area contributed by atoms with Gasteiger partial charge in [-0.05, 0) is 48.5 Å². The molecule has 0 saturated carbocycles. The molecule has 1 aliphatic rings. The average Bonchev–Trinajstić information content (AvgIpc) is 2.79. The number of aromatic nitrogens is 1. The number of carbonyl (C=O) groups is 2. The number of anilines is 1. The zero-order valence-corrected chi connectivity index (χ0v) is 17.4. The second-order valence-corrected chi connectivity index (χ2v) is 7.61. The Morgan fingerprint density at radius 3 is 2.59 bits per heavy atom. The SMILES string of the molecule is CN1CCN(C(=O)c2ccc(N/C=C(\N)c3cc4cc(F)ccc4[nH]c3=O)cc2)CC1=O. The zero-order chi connectivity index (χ0) is 22.8. The van der Waals surface area contributed by atoms with E-state index in [2.05, 4.69) is 10.3 Å². The van der Waals surface area contributed by atoms with E-state index < -0.39 is 5.82 Å². The molecular formula is C23H22FN5O3. The number of pyridine rings is 1. The third-order valence-corrected chi connectivity index (χ3v) is 5.39. The van der Waals surface area contributed by atoms with E-state index in [1.54, 1.807) is 36.2 Å². The molecule has 1 fully saturated rings. The predicted molar refractivity (Wildman–Crippen MR) is 120 cm³/mol. The third-order valence-electron chi connectivity index (χ3n) is 5.39. The molecule has 0 bridgehead atoms. The standard InChI is InChI=1S/C23H22FN5O3/c1-28-8-9-29(13-21(28)30)23(32)14-2-5-17(6-3-14)26-12-19(25)18-11-15-10-16(24)4-7-20(15)27-22(18)31/h2-7,10-12,26H,8-9,13,25H2,1H3,(H,27,31)/b19-12-. The number of rotatable bonds is 4. The minimum atomic E-state index is -0.410. The molecule has 1 aromatic heterocycles. The van der Waals surface area contributed by atoms with Crippen LogP contribution in [0.3, 0.4) is 0 Å². The Hall–Kier alpha value is -4.14. The summed E-state index contributed by atoms with van der Waals surface area (Å²) >= 11 is 0. The molecule has 0 atom stereocenters. The Labute approximate surface area is 183 Å². The number of H-pyrrole nitrogens is 1. The van der Waals surface area contributed by atoms with Crippen LogP contribution in [0.5, 0.6) is 0 Å². The van der Waals surface area contributed by atoms with E-state index in [0.29, 0.717) is 35.2 Å². The van der Waals surface area contributed by atoms with Gasteiger partial charge in [-0.2, -0.15) is 0 Å². The van der Waals surface area contributed by atoms with Crippen molar-refractivity contribution in [3.63, 3.8) is 0 Å². The van der Waals surface area contributed by atoms with Gasteiger partial charge in [0, 0.05) is 48.5 Å². The fourth-order valence-corrected chi connectivity index (χ4v) is 3.45. The summed E-state index contributed by atoms with van der Waals surface area (Å²) in [6, 6.07) is 12.3. The number of carbonyl (C=O) groups excluding carboxylic acids is 2. The van der Waals surface area contributed by atoms with Crippen molar-refractivity contribution in [2.75, 3.05) is 32.0 Å². The van der Waals surface area contributed by atoms with Crippen LogP contribution < -0.4 is 16.6 Å². The molecule has 2 amide bonds. The number of benzene rings is 2. The Morgan fingerprint density at radius 2 is 1.88 bits per heavy atom. The van der Waals surface area contributed by atoms with Crippen LogP contribution in [0.15, 0.2) is 59.5 Å². The van der Waals surface area contributed by atoms with Crippen molar-refractivity contribution in [3.05, 3.63) is 82.0 Å². The maximum atomic E-state index is 13.5. The Kier molecular flexibility index (Phi) is 5.63. The molecule has 0 unspecified atom stereocenters. The van der Waals surface area contributed by atoms with Gasteiger partial charge in [0.2, 0.25) is 5.91 Å². The van der Waals surface area contributed by atoms with Crippen molar-refractivity contribution >= 4 is 34.1 Å². The lowest BCUT2D eigenvalue weighted by Crippen LogP contribution is -2.50. The van der Waals surface area contributed by atoms with Crippen LogP contribution in [-0.2, 0) is 4.79 Å². The van der Waals surface area contributed by atoms with Crippen LogP contribution in [0, 0.1) is 5.82 Å². The van der Waals surface area contributed by atoms with Crippen LogP contribution in [0.2, 0.25) is 0 Å². The molecular weight excluding hydrogens is 413 g/mol. The van der Waals surface area contributed by atoms with E-state index >= 15 is 0 Å². The van der Waals surface area contributed by atoms with Crippen molar-refractivity contribution in [2.24, 2.45) is 5.73 Å². The van der Waals surface area contributed by atoms with E-state index in [1.165, 1.54) is 35.4 Å². The summed E-state index contributed by atoms with van der Waals surface area (Å²) in [5.74, 6) is -0.704. The molecule has 2 aromatic carbocycles. The number of piperazine rings is 1. The van der Waals surface area contributed by atoms with Crippen LogP contribution in [0.1, 0.15) is 15.9 Å². The number of fused-ring (bicyclic) bond motifs is 1. The number of aromatic amines is 1. The van der Waals surface area contributed by atoms with Gasteiger partial charge in [-0.1, -0.05) is 0 Å². The van der Waals surface area contributed by atoms with Gasteiger partial charge in [0.1, 0.15) is 12.4 Å². The smallest absolute Gasteiger partial charge is 0.257 e. The first-order valence-electron chi connectivity index (χ1n) is 10.0. The largest absolute Gasteiger partial charge is 0.397 e. The van der Waals surface area contributed by atoms with Gasteiger partial charge in [0.05, 0.1) is 11.3 Å². The van der Waals surface area contributed by atoms with Crippen LogP contribution in [-0.4, -0.2) is 53.3 Å². The maximum absolute atomic E-state index is 13.5. The number of halogens is 1. The quantitative estimate of drug-likeness (QED) is 0.580. The topological polar surface area (TPSA) is 112 Å². The number of likely N-dealkylation sites (N-methyl/N-ethyl adjacent to an activating group) is 1. The highest BCUT2D eigenvalue weighted by molar-refractivity contribution is 5.97. The van der Waals surface area contributed by atoms with Crippen molar-refractivity contribution in [1.82, 2.24) is 14.8 Å². The molecule has 2 heterocycles. The van der Waals surface area contributed by atoms with Crippen LogP contribution in [0.4, 0.5) is 10.1 Å². The van der Waals surface area contributed by atoms with E-state index in [0.717, 1.165) is 0 Å². The lowest BCUT2D eigenvalue weighted by molar-refractivity contribution is -0.133. The number of hydrogen-bond acceptors (Lipinski definition) is 5. The number of amides is 2. The number of hydrogen-bond donors (Lipinski definition) is 3. The number of nitrogens with one attached hydrogen (secondary N) is 2. The van der Waals surface area contributed by atoms with E-state index in [1.807, 2.05) is 0 Å². The van der Waals surface area contributed by atoms with Gasteiger partial charge in [-0.25, -0.2) is 4.39 Å². The van der Waals surface area contributed by atoms with E-state index in [-0.39, 0.29) is 35.2 Å². The van der Waals surface area contributed by atoms with Gasteiger partial charge in [0.15, 0.2) is 0 Å². The number of nitrogens with zero attached hydrogens (tertiary/aromatic N) is 2. The summed E-state index contributed by atoms with van der Waals surface area (Å²) in [6.07, 6.45) is 1.46. The van der Waals surface area contributed by atoms with Gasteiger partial charge < -0.3 is 25.8 Å². The fraction of sp³-hybridized carbons (Fsp3) is 0.174. The molecule has 3 aromatic rings. The molecule has 1 aliphatic heterocycles. The van der Waals surface area contributed by atoms with Crippen molar-refractivity contribution in [3.8, 4) is 0 Å². The number of nitrogens with two attached hydrogens (primary N) is 1. The Balaban J connectivity index is 1.47. The lowest BCUT2D eigenvalue weighted by Gasteiger charge is -2.32. The first-order chi connectivity index (χ1) is 15.3. The third kappa shape index (κ3) is 4.31. The van der Waals surface area contributed by atoms with E-state index in [4.69, 9.17) is 5.73 Å². The van der Waals surface area contributed by atoms with Crippen molar-refractivity contribution in [1.29, 1.82) is 0 Å². The molecule has 8 nitrogen and oxygen atoms in total. The maximum Gasteiger partial charge on any atom is 0.257 e. The minimum Gasteiger partial charge on any atom is -0.397 e. The average molecular weight is 435 g/mol. The normalized spacial score (nSPS) is 14.7. The molecule has 0 spiro atoms. The first-order valence-corrected chi connectivity index (χ1v) is 10.0. The van der Waals surface area contributed by atoms with Gasteiger partial charge in [-0.3, -0.25) is 14.4 Å². The van der Waals surface area contributed by atoms with Crippen LogP contribution in [0.25, 0.3) is 16.6 Å². The van der Waals surface area contributed by atoms with Crippen molar-refractivity contribution < 1.29 is 14.0 Å². The molecule has 9 heteroatoms. The molecule has 164 valence electrons. The molecule has 0 radical (unpaired) electrons. The van der Waals surface area contributed by atoms with Crippen LogP contribution >= 0.6 is 0 Å². The van der Waals surface area contributed by atoms with Gasteiger partial charge >= 0.3 is 0 Å². The summed E-state index contributed by atoms with van der Waals surface area (Å²) in [6.45, 7) is 1.07. The highest BCUT2D eigenvalue weighted by atomic mass is 19.1. The van der Waals surface area contributed by atoms with E-state index in [9.17, 15) is 18.8 Å². The summed E-state index contributed by atoms with van der Waals surface area (Å²) in [4.78, 5) is 42.6. The second kappa shape index (κ2) is 8.54. The first kappa shape index (κ1) is 21.1. The predicted octanol–water partition coefficient (Wildman–Crippen LogP) is 1.95. The van der Waals surface area contributed by atoms with Crippen molar-refractivity contribution in [2.45, 2.75) is 0 Å². The highest BCUT2D eigenvalue weighted by Gasteiger charge is 2.25. The summed E-state index contributed by atoms with van der Waals surface area (Å²) < 4.78 is 13.5. The lowest BCUT2D eigenvalue weighted by atomic mass is 10.1. The molecule has 32 heavy (non-hydrogen) atoms. The molecule has 0 aliphatic carbocycles. The Morgan fingerprint density at radius 1 is 1.12 bits per heavy atom.